The number of halogens is 2. The number of thioether (sulfide) groups is 1. The Morgan fingerprint density at radius 3 is 1.88 bits per heavy atom. The molecule has 1 aliphatic carbocycles. The Kier molecular flexibility index (Phi) is 15.6. The van der Waals surface area contributed by atoms with Crippen LogP contribution in [0.5, 0.6) is 0 Å². The maximum Gasteiger partial charge on any atom is -0.0277 e. The standard InChI is InChI=1S/C22H17.C21H25S.C2H6Si.2ClH.Zr/c1-16-12-20-14-19(17-8-4-2-5-9-17)15-22(21(20)13-16)18-10-6-3-7-11-18;1-13(2)16-11-18-19(12-16)22-14(3)20(18)15-7-9-17(10-8-15)21(4,5)6;1-3-2;;;/h2-15H,1H3;7-11,13-14H,1-6H3;1-2H3;2*1H;/q2*-1;;;;+2/p-2. The maximum atomic E-state index is 3.60. The minimum atomic E-state index is 0. The van der Waals surface area contributed by atoms with Crippen LogP contribution >= 0.6 is 11.8 Å². The summed E-state index contributed by atoms with van der Waals surface area (Å²) in [5.74, 6) is 0.547. The van der Waals surface area contributed by atoms with E-state index in [1.54, 1.807) is 23.3 Å². The SMILES string of the molecule is CC(C)C1=CC2=C(c3ccc(C(C)(C)C)cc3)C(C)SC2=[C-]1.C[Si](C)=[Zr+2].Cc1cc2c(-c3ccccc3)cc(-c3ccccc3)cc2[cH-]1.[Cl-].[Cl-]. The van der Waals surface area contributed by atoms with E-state index in [9.17, 15) is 0 Å². The molecule has 50 heavy (non-hydrogen) atoms. The molecule has 0 amide bonds. The minimum absolute atomic E-state index is 0. The van der Waals surface area contributed by atoms with Gasteiger partial charge >= 0.3 is 41.9 Å². The first-order valence-electron chi connectivity index (χ1n) is 17.0. The quantitative estimate of drug-likeness (QED) is 0.137. The van der Waals surface area contributed by atoms with Gasteiger partial charge in [0.25, 0.3) is 0 Å². The summed E-state index contributed by atoms with van der Waals surface area (Å²) < 4.78 is 0. The summed E-state index contributed by atoms with van der Waals surface area (Å²) in [4.78, 5) is 1.34. The molecule has 0 radical (unpaired) electrons. The van der Waals surface area contributed by atoms with Crippen molar-refractivity contribution in [1.82, 2.24) is 0 Å². The molecule has 1 aliphatic heterocycles. The monoisotopic (exact) mass is 808 g/mol. The number of benzene rings is 4. The average Bonchev–Trinajstić information content (AvgIpc) is 3.72. The van der Waals surface area contributed by atoms with Crippen molar-refractivity contribution in [3.8, 4) is 22.3 Å². The third-order valence-corrected chi connectivity index (χ3v) is 9.78. The molecule has 0 spiro atoms. The zero-order valence-corrected chi connectivity index (χ0v) is 36.6. The van der Waals surface area contributed by atoms with Crippen LogP contribution in [0.25, 0.3) is 38.6 Å². The van der Waals surface area contributed by atoms with Crippen molar-refractivity contribution in [3.05, 3.63) is 154 Å². The van der Waals surface area contributed by atoms with Crippen molar-refractivity contribution < 1.29 is 48.1 Å². The van der Waals surface area contributed by atoms with E-state index in [0.29, 0.717) is 11.2 Å². The first kappa shape index (κ1) is 42.2. The second kappa shape index (κ2) is 18.5. The van der Waals surface area contributed by atoms with Gasteiger partial charge in [0.15, 0.2) is 0 Å². The van der Waals surface area contributed by atoms with Gasteiger partial charge in [0.2, 0.25) is 0 Å². The van der Waals surface area contributed by atoms with Crippen molar-refractivity contribution >= 4 is 33.5 Å². The molecule has 258 valence electrons. The van der Waals surface area contributed by atoms with E-state index in [4.69, 9.17) is 0 Å². The Bertz CT molecular complexity index is 1990. The smallest absolute Gasteiger partial charge is 0.0277 e. The number of fused-ring (bicyclic) bond motifs is 2. The molecular formula is C45H48Cl2SSiZr-2. The Morgan fingerprint density at radius 1 is 0.780 bits per heavy atom. The van der Waals surface area contributed by atoms with Crippen LogP contribution in [0.1, 0.15) is 58.2 Å². The van der Waals surface area contributed by atoms with Crippen molar-refractivity contribution in [2.24, 2.45) is 5.92 Å². The van der Waals surface area contributed by atoms with Gasteiger partial charge in [-0.3, -0.25) is 0 Å². The molecule has 0 nitrogen and oxygen atoms in total. The van der Waals surface area contributed by atoms with Crippen molar-refractivity contribution in [3.63, 3.8) is 0 Å². The number of allylic oxidation sites excluding steroid dienone is 4. The molecule has 0 N–H and O–H groups in total. The second-order valence-corrected chi connectivity index (χ2v) is 25.1. The van der Waals surface area contributed by atoms with E-state index >= 15 is 0 Å². The number of hydrogen-bond donors (Lipinski definition) is 0. The number of hydrogen-bond acceptors (Lipinski definition) is 1. The van der Waals surface area contributed by atoms with Crippen molar-refractivity contribution in [2.45, 2.75) is 72.2 Å². The molecule has 0 bridgehead atoms. The molecule has 2 aliphatic rings. The largest absolute Gasteiger partial charge is 1.00 e. The van der Waals surface area contributed by atoms with Crippen LogP contribution in [0.15, 0.2) is 131 Å². The Balaban J connectivity index is 0.000000236. The van der Waals surface area contributed by atoms with Gasteiger partial charge in [0, 0.05) is 5.25 Å². The third-order valence-electron chi connectivity index (χ3n) is 8.64. The topological polar surface area (TPSA) is 0 Å². The fourth-order valence-corrected chi connectivity index (χ4v) is 7.39. The zero-order valence-electron chi connectivity index (χ0n) is 30.8. The molecule has 0 saturated heterocycles. The molecule has 1 heterocycles. The summed E-state index contributed by atoms with van der Waals surface area (Å²) in [6, 6.07) is 39.6. The van der Waals surface area contributed by atoms with Gasteiger partial charge < -0.3 is 24.8 Å². The molecule has 0 fully saturated rings. The van der Waals surface area contributed by atoms with Crippen LogP contribution in [0.4, 0.5) is 0 Å². The van der Waals surface area contributed by atoms with Gasteiger partial charge in [0.1, 0.15) is 0 Å². The van der Waals surface area contributed by atoms with Gasteiger partial charge in [-0.2, -0.15) is 23.3 Å². The predicted octanol–water partition coefficient (Wildman–Crippen LogP) is 7.15. The fraction of sp³-hybridized carbons (Fsp3) is 0.267. The molecule has 0 saturated carbocycles. The van der Waals surface area contributed by atoms with Crippen LogP contribution in [-0.4, -0.2) is 10.7 Å². The maximum absolute atomic E-state index is 3.60. The Hall–Kier alpha value is -2.26. The summed E-state index contributed by atoms with van der Waals surface area (Å²) in [6.45, 7) is 20.4. The van der Waals surface area contributed by atoms with Crippen LogP contribution in [0.2, 0.25) is 13.1 Å². The van der Waals surface area contributed by atoms with Gasteiger partial charge in [-0.05, 0) is 40.5 Å². The van der Waals surface area contributed by atoms with Crippen molar-refractivity contribution in [2.75, 3.05) is 0 Å². The van der Waals surface area contributed by atoms with Gasteiger partial charge in [0.05, 0.1) is 0 Å². The van der Waals surface area contributed by atoms with Crippen LogP contribution < -0.4 is 24.8 Å². The molecule has 5 aromatic rings. The summed E-state index contributed by atoms with van der Waals surface area (Å²) in [5, 5.41) is 3.17. The summed E-state index contributed by atoms with van der Waals surface area (Å²) in [7, 11) is 0. The fourth-order valence-electron chi connectivity index (χ4n) is 6.18. The third kappa shape index (κ3) is 10.4. The Labute approximate surface area is 333 Å². The number of rotatable bonds is 4. The van der Waals surface area contributed by atoms with E-state index in [1.165, 1.54) is 71.3 Å². The van der Waals surface area contributed by atoms with Crippen molar-refractivity contribution in [1.29, 1.82) is 0 Å². The van der Waals surface area contributed by atoms with E-state index in [0.717, 1.165) is 0 Å². The molecule has 7 rings (SSSR count). The minimum Gasteiger partial charge on any atom is -1.00 e. The molecule has 1 unspecified atom stereocenters. The normalized spacial score (nSPS) is 14.8. The van der Waals surface area contributed by atoms with E-state index < -0.39 is 0 Å². The molecule has 1 atom stereocenters. The van der Waals surface area contributed by atoms with Crippen LogP contribution in [0.3, 0.4) is 0 Å². The summed E-state index contributed by atoms with van der Waals surface area (Å²) in [6.07, 6.45) is 5.95. The van der Waals surface area contributed by atoms with E-state index in [2.05, 4.69) is 183 Å². The van der Waals surface area contributed by atoms with E-state index in [-0.39, 0.29) is 35.7 Å². The first-order chi connectivity index (χ1) is 22.8. The molecule has 5 aromatic carbocycles. The van der Waals surface area contributed by atoms with Gasteiger partial charge in [-0.1, -0.05) is 149 Å². The summed E-state index contributed by atoms with van der Waals surface area (Å²) >= 11 is 3.69. The second-order valence-electron chi connectivity index (χ2n) is 14.4. The zero-order chi connectivity index (χ0) is 34.6. The number of aryl methyl sites for hydroxylation is 1. The average molecular weight is 811 g/mol. The van der Waals surface area contributed by atoms with Crippen LogP contribution in [-0.2, 0) is 28.8 Å². The van der Waals surface area contributed by atoms with Crippen LogP contribution in [0, 0.1) is 18.9 Å². The van der Waals surface area contributed by atoms with Gasteiger partial charge in [-0.25, -0.2) is 6.08 Å². The Morgan fingerprint density at radius 2 is 1.34 bits per heavy atom. The predicted molar refractivity (Wildman–Crippen MR) is 211 cm³/mol. The van der Waals surface area contributed by atoms with E-state index in [1.807, 2.05) is 11.8 Å². The molecule has 5 heteroatoms. The van der Waals surface area contributed by atoms with Gasteiger partial charge in [-0.15, -0.1) is 45.1 Å². The first-order valence-corrected chi connectivity index (χ1v) is 24.1. The summed E-state index contributed by atoms with van der Waals surface area (Å²) in [5.41, 5.74) is 13.8. The molecular weight excluding hydrogens is 763 g/mol. The molecule has 0 aromatic heterocycles.